The van der Waals surface area contributed by atoms with Crippen LogP contribution in [-0.4, -0.2) is 43.6 Å². The molecule has 1 amide bonds. The number of benzene rings is 1. The number of nitrogens with one attached hydrogen (secondary N) is 2. The van der Waals surface area contributed by atoms with Crippen LogP contribution in [0.5, 0.6) is 0 Å². The highest BCUT2D eigenvalue weighted by molar-refractivity contribution is 7.18. The lowest BCUT2D eigenvalue weighted by atomic mass is 10.00. The molecule has 4 aromatic rings. The number of piperazine rings is 1. The van der Waals surface area contributed by atoms with E-state index < -0.39 is 6.04 Å². The molecule has 0 bridgehead atoms. The molecule has 2 N–H and O–H groups in total. The van der Waals surface area contributed by atoms with Crippen molar-refractivity contribution in [2.75, 3.05) is 13.1 Å². The summed E-state index contributed by atoms with van der Waals surface area (Å²) in [5.74, 6) is 0.548. The number of hydrogen-bond donors (Lipinski definition) is 2. The van der Waals surface area contributed by atoms with E-state index in [2.05, 4.69) is 15.2 Å². The molecule has 3 aromatic heterocycles. The number of fused-ring (bicyclic) bond motifs is 3. The van der Waals surface area contributed by atoms with Gasteiger partial charge in [0.05, 0.1) is 23.3 Å². The van der Waals surface area contributed by atoms with Crippen LogP contribution in [0.1, 0.15) is 45.7 Å². The Bertz CT molecular complexity index is 1470. The predicted molar refractivity (Wildman–Crippen MR) is 131 cm³/mol. The Kier molecular flexibility index (Phi) is 5.11. The molecule has 1 aromatic carbocycles. The monoisotopic (exact) mass is 474 g/mol. The number of carbonyl (C=O) groups is 1. The molecular weight excluding hydrogens is 448 g/mol. The largest absolute Gasteiger partial charge is 0.353 e. The van der Waals surface area contributed by atoms with E-state index in [1.807, 2.05) is 48.9 Å². The van der Waals surface area contributed by atoms with E-state index >= 15 is 0 Å². The summed E-state index contributed by atoms with van der Waals surface area (Å²) in [6.07, 6.45) is 3.10. The number of carbonyl (C=O) groups excluding carboxylic acids is 1. The van der Waals surface area contributed by atoms with Crippen molar-refractivity contribution in [3.63, 3.8) is 0 Å². The molecule has 1 saturated heterocycles. The van der Waals surface area contributed by atoms with E-state index in [1.165, 1.54) is 10.4 Å². The number of aromatic nitrogens is 4. The number of aromatic amines is 1. The Balaban J connectivity index is 1.38. The van der Waals surface area contributed by atoms with E-state index in [9.17, 15) is 9.59 Å². The van der Waals surface area contributed by atoms with Gasteiger partial charge in [-0.2, -0.15) is 5.10 Å². The van der Waals surface area contributed by atoms with Gasteiger partial charge in [0.25, 0.3) is 5.56 Å². The lowest BCUT2D eigenvalue weighted by molar-refractivity contribution is -0.129. The smallest absolute Gasteiger partial charge is 0.259 e. The summed E-state index contributed by atoms with van der Waals surface area (Å²) in [4.78, 5) is 38.1. The first-order valence-electron chi connectivity index (χ1n) is 11.7. The number of thiophene rings is 1. The van der Waals surface area contributed by atoms with Gasteiger partial charge in [-0.3, -0.25) is 14.5 Å². The summed E-state index contributed by atoms with van der Waals surface area (Å²) >= 11 is 1.64. The van der Waals surface area contributed by atoms with Crippen molar-refractivity contribution < 1.29 is 4.79 Å². The molecule has 1 fully saturated rings. The molecule has 2 aliphatic rings. The third-order valence-electron chi connectivity index (χ3n) is 6.91. The van der Waals surface area contributed by atoms with E-state index in [1.54, 1.807) is 11.3 Å². The van der Waals surface area contributed by atoms with Gasteiger partial charge >= 0.3 is 0 Å². The highest BCUT2D eigenvalue weighted by atomic mass is 32.1. The summed E-state index contributed by atoms with van der Waals surface area (Å²) in [6.45, 7) is 5.55. The first-order valence-corrected chi connectivity index (χ1v) is 12.5. The second kappa shape index (κ2) is 8.18. The van der Waals surface area contributed by atoms with Crippen molar-refractivity contribution in [1.82, 2.24) is 30.0 Å². The minimum absolute atomic E-state index is 0.0522. The lowest BCUT2D eigenvalue weighted by Crippen LogP contribution is -2.50. The Hall–Kier alpha value is -3.30. The minimum atomic E-state index is -0.499. The molecule has 34 heavy (non-hydrogen) atoms. The summed E-state index contributed by atoms with van der Waals surface area (Å²) in [6, 6.07) is 9.43. The summed E-state index contributed by atoms with van der Waals surface area (Å²) in [5, 5.41) is 8.52. The Labute approximate surface area is 200 Å². The SMILES string of the molecule is Cc1nn(-c2ccccc2)c(C)c1C1C(=O)NCCN1Cc1nc2sc3c(c2c(=O)[nH]1)CCC3. The molecule has 8 nitrogen and oxygen atoms in total. The zero-order valence-corrected chi connectivity index (χ0v) is 20.0. The van der Waals surface area contributed by atoms with E-state index in [4.69, 9.17) is 10.1 Å². The van der Waals surface area contributed by atoms with E-state index in [-0.39, 0.29) is 11.5 Å². The summed E-state index contributed by atoms with van der Waals surface area (Å²) < 4.78 is 1.89. The Morgan fingerprint density at radius 3 is 2.79 bits per heavy atom. The van der Waals surface area contributed by atoms with Crippen molar-refractivity contribution in [3.8, 4) is 5.69 Å². The quantitative estimate of drug-likeness (QED) is 0.474. The molecule has 0 saturated carbocycles. The van der Waals surface area contributed by atoms with Crippen molar-refractivity contribution in [2.45, 2.75) is 45.7 Å². The first kappa shape index (κ1) is 21.2. The molecule has 1 unspecified atom stereocenters. The number of para-hydroxylation sites is 1. The van der Waals surface area contributed by atoms with Crippen molar-refractivity contribution in [2.24, 2.45) is 0 Å². The summed E-state index contributed by atoms with van der Waals surface area (Å²) in [7, 11) is 0. The highest BCUT2D eigenvalue weighted by Gasteiger charge is 2.36. The van der Waals surface area contributed by atoms with Crippen LogP contribution < -0.4 is 10.9 Å². The van der Waals surface area contributed by atoms with Crippen LogP contribution in [0.25, 0.3) is 15.9 Å². The standard InChI is InChI=1S/C25H26N6O2S/c1-14-20(15(2)31(29-14)16-7-4-3-5-8-16)22-24(33)26-11-12-30(22)13-19-27-23(32)21-17-9-6-10-18(17)34-25(21)28-19/h3-5,7-8,22H,6,9-13H2,1-2H3,(H,26,33)(H,27,28,32). The molecule has 9 heteroatoms. The van der Waals surface area contributed by atoms with Crippen LogP contribution in [0, 0.1) is 13.8 Å². The highest BCUT2D eigenvalue weighted by Crippen LogP contribution is 2.35. The fourth-order valence-corrected chi connectivity index (χ4v) is 6.66. The van der Waals surface area contributed by atoms with Gasteiger partial charge in [-0.25, -0.2) is 9.67 Å². The number of amides is 1. The van der Waals surface area contributed by atoms with Gasteiger partial charge in [0.15, 0.2) is 0 Å². The number of nitrogens with zero attached hydrogens (tertiary/aromatic N) is 4. The second-order valence-corrected chi connectivity index (χ2v) is 10.1. The number of rotatable bonds is 4. The summed E-state index contributed by atoms with van der Waals surface area (Å²) in [5.41, 5.74) is 4.72. The molecule has 1 aliphatic heterocycles. The third kappa shape index (κ3) is 3.38. The van der Waals surface area contributed by atoms with Crippen molar-refractivity contribution >= 4 is 27.5 Å². The van der Waals surface area contributed by atoms with Gasteiger partial charge in [-0.1, -0.05) is 18.2 Å². The lowest BCUT2D eigenvalue weighted by Gasteiger charge is -2.35. The topological polar surface area (TPSA) is 95.9 Å². The molecule has 1 aliphatic carbocycles. The van der Waals surface area contributed by atoms with Gasteiger partial charge in [0.2, 0.25) is 5.91 Å². The van der Waals surface area contributed by atoms with Crippen LogP contribution >= 0.6 is 11.3 Å². The molecular formula is C25H26N6O2S. The van der Waals surface area contributed by atoms with Crippen LogP contribution in [0.4, 0.5) is 0 Å². The molecule has 1 atom stereocenters. The first-order chi connectivity index (χ1) is 16.5. The maximum absolute atomic E-state index is 13.1. The second-order valence-electron chi connectivity index (χ2n) is 9.05. The van der Waals surface area contributed by atoms with Crippen molar-refractivity contribution in [1.29, 1.82) is 0 Å². The zero-order valence-electron chi connectivity index (χ0n) is 19.2. The molecule has 174 valence electrons. The number of H-pyrrole nitrogens is 1. The Morgan fingerprint density at radius 1 is 1.15 bits per heavy atom. The van der Waals surface area contributed by atoms with Gasteiger partial charge in [0.1, 0.15) is 16.7 Å². The van der Waals surface area contributed by atoms with Gasteiger partial charge in [-0.05, 0) is 50.8 Å². The fourth-order valence-electron chi connectivity index (χ4n) is 5.38. The molecule has 6 rings (SSSR count). The molecule has 0 radical (unpaired) electrons. The van der Waals surface area contributed by atoms with Gasteiger partial charge in [-0.15, -0.1) is 11.3 Å². The van der Waals surface area contributed by atoms with Crippen LogP contribution in [-0.2, 0) is 24.2 Å². The number of aryl methyl sites for hydroxylation is 3. The van der Waals surface area contributed by atoms with E-state index in [0.717, 1.165) is 52.1 Å². The normalized spacial score (nSPS) is 18.4. The minimum Gasteiger partial charge on any atom is -0.353 e. The maximum atomic E-state index is 13.1. The molecule has 4 heterocycles. The average molecular weight is 475 g/mol. The molecule has 0 spiro atoms. The van der Waals surface area contributed by atoms with Crippen LogP contribution in [0.15, 0.2) is 35.1 Å². The Morgan fingerprint density at radius 2 is 1.97 bits per heavy atom. The maximum Gasteiger partial charge on any atom is 0.259 e. The number of hydrogen-bond acceptors (Lipinski definition) is 6. The van der Waals surface area contributed by atoms with Crippen LogP contribution in [0.2, 0.25) is 0 Å². The zero-order chi connectivity index (χ0) is 23.4. The van der Waals surface area contributed by atoms with E-state index in [0.29, 0.717) is 25.5 Å². The third-order valence-corrected chi connectivity index (χ3v) is 8.10. The van der Waals surface area contributed by atoms with Crippen LogP contribution in [0.3, 0.4) is 0 Å². The van der Waals surface area contributed by atoms with Crippen molar-refractivity contribution in [3.05, 3.63) is 73.9 Å². The predicted octanol–water partition coefficient (Wildman–Crippen LogP) is 2.95. The van der Waals surface area contributed by atoms with Gasteiger partial charge in [0, 0.05) is 29.2 Å². The fraction of sp³-hybridized carbons (Fsp3) is 0.360. The van der Waals surface area contributed by atoms with Gasteiger partial charge < -0.3 is 10.3 Å². The average Bonchev–Trinajstić information content (AvgIpc) is 3.48.